The van der Waals surface area contributed by atoms with E-state index in [-0.39, 0.29) is 0 Å². The predicted molar refractivity (Wildman–Crippen MR) is 194 cm³/mol. The number of aromatic nitrogens is 1. The first-order valence-electron chi connectivity index (χ1n) is 17.7. The van der Waals surface area contributed by atoms with Gasteiger partial charge in [0, 0.05) is 5.56 Å². The smallest absolute Gasteiger partial charge is 0.207 e. The zero-order chi connectivity index (χ0) is 47.7. The van der Waals surface area contributed by atoms with Crippen LogP contribution in [0.4, 0.5) is 87.8 Å². The molecule has 65 heavy (non-hydrogen) atoms. The second-order valence-corrected chi connectivity index (χ2v) is 14.6. The molecule has 0 radical (unpaired) electrons. The number of nitrogens with zero attached hydrogens (tertiary/aromatic N) is 1. The van der Waals surface area contributed by atoms with Crippen LogP contribution < -0.4 is 26.4 Å². The van der Waals surface area contributed by atoms with Crippen LogP contribution in [0, 0.1) is 116 Å². The zero-order valence-corrected chi connectivity index (χ0v) is 31.9. The molecule has 0 atom stereocenters. The van der Waals surface area contributed by atoms with Crippen LogP contribution in [-0.2, 0) is 6.54 Å². The first-order valence-corrected chi connectivity index (χ1v) is 18.6. The summed E-state index contributed by atoms with van der Waals surface area (Å²) in [5.74, 6) is -71.4. The predicted octanol–water partition coefficient (Wildman–Crippen LogP) is 10.2. The Bertz CT molecular complexity index is 2810. The van der Waals surface area contributed by atoms with Gasteiger partial charge in [-0.05, 0) is 27.6 Å². The number of rotatable bonds is 6. The van der Waals surface area contributed by atoms with Gasteiger partial charge in [0.1, 0.15) is 52.7 Å². The van der Waals surface area contributed by atoms with Crippen LogP contribution in [0.25, 0.3) is 21.5 Å². The molecule has 0 fully saturated rings. The lowest BCUT2D eigenvalue weighted by Crippen LogP contribution is -2.81. The van der Waals surface area contributed by atoms with E-state index in [4.69, 9.17) is 0 Å². The van der Waals surface area contributed by atoms with E-state index in [1.165, 1.54) is 27.1 Å². The van der Waals surface area contributed by atoms with E-state index in [1.807, 2.05) is 0 Å². The van der Waals surface area contributed by atoms with Crippen molar-refractivity contribution in [2.45, 2.75) is 6.54 Å². The van der Waals surface area contributed by atoms with Gasteiger partial charge < -0.3 is 0 Å². The fraction of sp³-hybridized carbons (Fsp3) is 0.0238. The maximum absolute atomic E-state index is 15.4. The van der Waals surface area contributed by atoms with Crippen molar-refractivity contribution < 1.29 is 92.4 Å². The largest absolute Gasteiger partial charge is 0.224 e. The van der Waals surface area contributed by atoms with Crippen molar-refractivity contribution in [1.29, 1.82) is 0 Å². The van der Waals surface area contributed by atoms with Gasteiger partial charge in [0.25, 0.3) is 0 Å². The van der Waals surface area contributed by atoms with Gasteiger partial charge in [0.15, 0.2) is 82.5 Å². The SMILES string of the molecule is Fc1c(F)c(F)c([B-](c2c(F)c(F)c(F)c(F)c2F)(c2c(F)c(F)c(F)c(F)c2F)c2c(F)c(F)c(F)c(F)c2F)c(F)c1F.c1ccc2c(C[n+]3ccsc3)c3ccccc3cc2c1. The summed E-state index contributed by atoms with van der Waals surface area (Å²) in [5.41, 5.74) is -10.8. The molecule has 1 aromatic heterocycles. The van der Waals surface area contributed by atoms with E-state index in [2.05, 4.69) is 76.3 Å². The highest BCUT2D eigenvalue weighted by atomic mass is 32.1. The Morgan fingerprint density at radius 1 is 0.354 bits per heavy atom. The van der Waals surface area contributed by atoms with Crippen molar-refractivity contribution in [2.24, 2.45) is 0 Å². The van der Waals surface area contributed by atoms with Gasteiger partial charge in [0.2, 0.25) is 5.51 Å². The highest BCUT2D eigenvalue weighted by Gasteiger charge is 2.52. The number of hydrogen-bond donors (Lipinski definition) is 0. The van der Waals surface area contributed by atoms with Gasteiger partial charge in [-0.2, -0.15) is 4.57 Å². The van der Waals surface area contributed by atoms with Gasteiger partial charge >= 0.3 is 0 Å². The molecule has 336 valence electrons. The van der Waals surface area contributed by atoms with Gasteiger partial charge in [-0.3, -0.25) is 0 Å². The lowest BCUT2D eigenvalue weighted by atomic mass is 9.12. The monoisotopic (exact) mass is 955 g/mol. The lowest BCUT2D eigenvalue weighted by Gasteiger charge is -2.44. The molecule has 0 unspecified atom stereocenters. The Morgan fingerprint density at radius 3 is 0.877 bits per heavy atom. The van der Waals surface area contributed by atoms with Crippen molar-refractivity contribution in [2.75, 3.05) is 0 Å². The van der Waals surface area contributed by atoms with E-state index >= 15 is 35.1 Å². The second-order valence-electron chi connectivity index (χ2n) is 13.8. The molecule has 23 heteroatoms. The second kappa shape index (κ2) is 17.1. The molecule has 0 saturated carbocycles. The quantitative estimate of drug-likeness (QED) is 0.0391. The molecule has 0 aliphatic carbocycles. The number of thiazole rings is 1. The molecule has 7 aromatic carbocycles. The Kier molecular flexibility index (Phi) is 12.2. The first-order chi connectivity index (χ1) is 30.6. The van der Waals surface area contributed by atoms with Crippen LogP contribution in [0.5, 0.6) is 0 Å². The minimum Gasteiger partial charge on any atom is -0.207 e. The maximum Gasteiger partial charge on any atom is 0.224 e. The number of benzene rings is 7. The van der Waals surface area contributed by atoms with Gasteiger partial charge in [-0.1, -0.05) is 59.9 Å². The summed E-state index contributed by atoms with van der Waals surface area (Å²) >= 11 is 1.73. The molecule has 0 aliphatic rings. The summed E-state index contributed by atoms with van der Waals surface area (Å²) in [6, 6.07) is 19.6. The van der Waals surface area contributed by atoms with Crippen molar-refractivity contribution in [1.82, 2.24) is 0 Å². The van der Waals surface area contributed by atoms with Crippen LogP contribution in [-0.4, -0.2) is 6.15 Å². The lowest BCUT2D eigenvalue weighted by molar-refractivity contribution is -0.683. The summed E-state index contributed by atoms with van der Waals surface area (Å²) < 4.78 is 296. The van der Waals surface area contributed by atoms with Crippen LogP contribution in [0.2, 0.25) is 0 Å². The highest BCUT2D eigenvalue weighted by Crippen LogP contribution is 2.32. The normalized spacial score (nSPS) is 11.8. The zero-order valence-electron chi connectivity index (χ0n) is 31.1. The van der Waals surface area contributed by atoms with Crippen molar-refractivity contribution in [3.05, 3.63) is 194 Å². The third-order valence-corrected chi connectivity index (χ3v) is 11.1. The number of halogens is 20. The molecule has 0 N–H and O–H groups in total. The molecule has 0 aliphatic heterocycles. The number of fused-ring (bicyclic) bond motifs is 2. The first kappa shape index (κ1) is 46.4. The molecular formula is C42H14BF20NS. The van der Waals surface area contributed by atoms with Crippen molar-refractivity contribution in [3.63, 3.8) is 0 Å². The fourth-order valence-corrected chi connectivity index (χ4v) is 8.28. The van der Waals surface area contributed by atoms with Crippen LogP contribution in [0.3, 0.4) is 0 Å². The maximum atomic E-state index is 15.4. The Labute approximate surface area is 352 Å². The Morgan fingerprint density at radius 2 is 0.615 bits per heavy atom. The highest BCUT2D eigenvalue weighted by molar-refractivity contribution is 7.20. The van der Waals surface area contributed by atoms with Crippen LogP contribution >= 0.6 is 11.3 Å². The summed E-state index contributed by atoms with van der Waals surface area (Å²) in [6.07, 6.45) is -5.08. The molecule has 8 rings (SSSR count). The van der Waals surface area contributed by atoms with Gasteiger partial charge in [-0.25, -0.2) is 87.8 Å². The molecule has 8 aromatic rings. The molecule has 0 spiro atoms. The van der Waals surface area contributed by atoms with E-state index in [9.17, 15) is 52.7 Å². The van der Waals surface area contributed by atoms with Crippen molar-refractivity contribution >= 4 is 60.9 Å². The van der Waals surface area contributed by atoms with E-state index < -0.39 is 144 Å². The molecular weight excluding hydrogens is 941 g/mol. The van der Waals surface area contributed by atoms with Gasteiger partial charge in [-0.15, -0.1) is 21.9 Å². The van der Waals surface area contributed by atoms with Crippen LogP contribution in [0.1, 0.15) is 5.56 Å². The summed E-state index contributed by atoms with van der Waals surface area (Å²) in [5, 5.41) is 7.46. The minimum atomic E-state index is -7.22. The van der Waals surface area contributed by atoms with Crippen LogP contribution in [0.15, 0.2) is 71.7 Å². The third-order valence-electron chi connectivity index (χ3n) is 10.5. The standard InChI is InChI=1S/C24BF20.C18H14NS/c26-5-1(6(27)14(35)21(42)13(5)34)25(2-7(28)15(36)22(43)16(37)8(2)29,3-9(30)17(38)23(44)18(39)10(3)31)4-11(32)19(40)24(45)20(41)12(4)33;1-3-7-16-14(5-1)11-15-6-2-4-8-17(15)18(16)12-19-9-10-20-13-19/h;1-11,13H,12H2/q-1;+1. The average molecular weight is 955 g/mol. The molecule has 0 bridgehead atoms. The van der Waals surface area contributed by atoms with Crippen molar-refractivity contribution in [3.8, 4) is 0 Å². The Hall–Kier alpha value is -6.65. The average Bonchev–Trinajstić information content (AvgIpc) is 3.82. The minimum absolute atomic E-state index is 0.922. The Balaban J connectivity index is 0.000000258. The molecule has 1 heterocycles. The summed E-state index contributed by atoms with van der Waals surface area (Å²) in [6.45, 7) is 0.922. The van der Waals surface area contributed by atoms with Gasteiger partial charge in [0.05, 0.1) is 5.38 Å². The molecule has 0 amide bonds. The molecule has 0 saturated heterocycles. The van der Waals surface area contributed by atoms with E-state index in [0.717, 1.165) is 6.54 Å². The third kappa shape index (κ3) is 7.01. The van der Waals surface area contributed by atoms with E-state index in [1.54, 1.807) is 11.3 Å². The van der Waals surface area contributed by atoms with E-state index in [0.29, 0.717) is 0 Å². The number of hydrogen-bond acceptors (Lipinski definition) is 1. The fourth-order valence-electron chi connectivity index (χ4n) is 7.69. The summed E-state index contributed by atoms with van der Waals surface area (Å²) in [7, 11) is 0. The topological polar surface area (TPSA) is 3.88 Å². The molecule has 1 nitrogen and oxygen atoms in total. The summed E-state index contributed by atoms with van der Waals surface area (Å²) in [4.78, 5) is 0.